The lowest BCUT2D eigenvalue weighted by Gasteiger charge is -2.12. The first kappa shape index (κ1) is 13.0. The topological polar surface area (TPSA) is 39.2 Å². The number of carbonyl (C=O) groups excluding carboxylic acids is 1. The molecule has 0 aliphatic heterocycles. The first-order chi connectivity index (χ1) is 8.54. The van der Waals surface area contributed by atoms with Gasteiger partial charge in [0, 0.05) is 21.6 Å². The Hall–Kier alpha value is -1.49. The largest absolute Gasteiger partial charge is 0.469 e. The highest BCUT2D eigenvalue weighted by Crippen LogP contribution is 2.27. The van der Waals surface area contributed by atoms with Crippen molar-refractivity contribution in [1.29, 1.82) is 0 Å². The fraction of sp³-hybridized carbons (Fsp3) is 0.231. The van der Waals surface area contributed by atoms with E-state index in [1.54, 1.807) is 31.3 Å². The molecule has 0 fully saturated rings. The van der Waals surface area contributed by atoms with Crippen LogP contribution in [-0.2, 0) is 9.53 Å². The molecule has 1 aromatic heterocycles. The van der Waals surface area contributed by atoms with Crippen molar-refractivity contribution in [2.75, 3.05) is 7.11 Å². The standard InChI is InChI=1S/C13H11BrFNO2/c1-7(13(17)18-2)9-3-4-11-10(12(9)15)5-8(14)6-16-11/h3-7H,1-2H3. The molecule has 2 rings (SSSR count). The van der Waals surface area contributed by atoms with Crippen LogP contribution in [0.4, 0.5) is 4.39 Å². The van der Waals surface area contributed by atoms with Crippen molar-refractivity contribution in [3.8, 4) is 0 Å². The number of benzene rings is 1. The molecule has 0 radical (unpaired) electrons. The van der Waals surface area contributed by atoms with E-state index in [1.807, 2.05) is 0 Å². The van der Waals surface area contributed by atoms with E-state index in [4.69, 9.17) is 0 Å². The summed E-state index contributed by atoms with van der Waals surface area (Å²) in [7, 11) is 1.29. The summed E-state index contributed by atoms with van der Waals surface area (Å²) in [5.74, 6) is -1.53. The van der Waals surface area contributed by atoms with E-state index in [0.29, 0.717) is 20.9 Å². The third-order valence-corrected chi connectivity index (χ3v) is 3.25. The molecule has 0 saturated carbocycles. The van der Waals surface area contributed by atoms with Gasteiger partial charge in [-0.05, 0) is 35.0 Å². The molecule has 1 atom stereocenters. The highest BCUT2D eigenvalue weighted by molar-refractivity contribution is 9.10. The van der Waals surface area contributed by atoms with Crippen molar-refractivity contribution in [3.63, 3.8) is 0 Å². The van der Waals surface area contributed by atoms with Crippen LogP contribution in [0, 0.1) is 5.82 Å². The minimum absolute atomic E-state index is 0.314. The van der Waals surface area contributed by atoms with E-state index >= 15 is 0 Å². The lowest BCUT2D eigenvalue weighted by atomic mass is 9.98. The average Bonchev–Trinajstić information content (AvgIpc) is 2.38. The maximum atomic E-state index is 14.3. The molecule has 1 aromatic carbocycles. The molecule has 18 heavy (non-hydrogen) atoms. The molecule has 0 aliphatic carbocycles. The van der Waals surface area contributed by atoms with Gasteiger partial charge < -0.3 is 4.74 Å². The SMILES string of the molecule is COC(=O)C(C)c1ccc2ncc(Br)cc2c1F. The maximum absolute atomic E-state index is 14.3. The fourth-order valence-electron chi connectivity index (χ4n) is 1.79. The van der Waals surface area contributed by atoms with Gasteiger partial charge in [-0.2, -0.15) is 0 Å². The Morgan fingerprint density at radius 2 is 2.22 bits per heavy atom. The molecule has 1 heterocycles. The van der Waals surface area contributed by atoms with Gasteiger partial charge in [-0.25, -0.2) is 4.39 Å². The van der Waals surface area contributed by atoms with Gasteiger partial charge in [-0.15, -0.1) is 0 Å². The summed E-state index contributed by atoms with van der Waals surface area (Å²) in [6, 6.07) is 4.91. The molecular weight excluding hydrogens is 301 g/mol. The highest BCUT2D eigenvalue weighted by atomic mass is 79.9. The van der Waals surface area contributed by atoms with Crippen LogP contribution in [0.2, 0.25) is 0 Å². The fourth-order valence-corrected chi connectivity index (χ4v) is 2.13. The van der Waals surface area contributed by atoms with Crippen LogP contribution in [0.1, 0.15) is 18.4 Å². The van der Waals surface area contributed by atoms with Crippen LogP contribution in [0.5, 0.6) is 0 Å². The number of aromatic nitrogens is 1. The van der Waals surface area contributed by atoms with E-state index in [1.165, 1.54) is 7.11 Å². The second-order valence-electron chi connectivity index (χ2n) is 3.93. The molecule has 0 N–H and O–H groups in total. The second kappa shape index (κ2) is 5.02. The van der Waals surface area contributed by atoms with Gasteiger partial charge in [0.15, 0.2) is 0 Å². The number of rotatable bonds is 2. The van der Waals surface area contributed by atoms with Crippen LogP contribution in [0.3, 0.4) is 0 Å². The molecule has 94 valence electrons. The third kappa shape index (κ3) is 2.22. The van der Waals surface area contributed by atoms with Crippen LogP contribution < -0.4 is 0 Å². The number of esters is 1. The monoisotopic (exact) mass is 311 g/mol. The number of nitrogens with zero attached hydrogens (tertiary/aromatic N) is 1. The van der Waals surface area contributed by atoms with Crippen molar-refractivity contribution in [2.24, 2.45) is 0 Å². The Labute approximate surface area is 112 Å². The van der Waals surface area contributed by atoms with E-state index in [9.17, 15) is 9.18 Å². The molecule has 0 saturated heterocycles. The minimum Gasteiger partial charge on any atom is -0.469 e. The Morgan fingerprint density at radius 3 is 2.89 bits per heavy atom. The number of ether oxygens (including phenoxy) is 1. The van der Waals surface area contributed by atoms with E-state index < -0.39 is 17.7 Å². The lowest BCUT2D eigenvalue weighted by Crippen LogP contribution is -2.12. The number of hydrogen-bond donors (Lipinski definition) is 0. The van der Waals surface area contributed by atoms with Crippen LogP contribution >= 0.6 is 15.9 Å². The van der Waals surface area contributed by atoms with Crippen molar-refractivity contribution in [2.45, 2.75) is 12.8 Å². The number of pyridine rings is 1. The Kier molecular flexibility index (Phi) is 3.61. The first-order valence-corrected chi connectivity index (χ1v) is 6.15. The molecule has 1 unspecified atom stereocenters. The molecular formula is C13H11BrFNO2. The zero-order valence-electron chi connectivity index (χ0n) is 9.91. The summed E-state index contributed by atoms with van der Waals surface area (Å²) >= 11 is 3.25. The van der Waals surface area contributed by atoms with Gasteiger partial charge in [0.25, 0.3) is 0 Å². The van der Waals surface area contributed by atoms with Crippen LogP contribution in [-0.4, -0.2) is 18.1 Å². The number of fused-ring (bicyclic) bond motifs is 1. The Balaban J connectivity index is 2.60. The van der Waals surface area contributed by atoms with E-state index in [-0.39, 0.29) is 0 Å². The number of carbonyl (C=O) groups is 1. The predicted molar refractivity (Wildman–Crippen MR) is 69.8 cm³/mol. The Morgan fingerprint density at radius 1 is 1.50 bits per heavy atom. The predicted octanol–water partition coefficient (Wildman–Crippen LogP) is 3.41. The molecule has 0 bridgehead atoms. The molecule has 3 nitrogen and oxygen atoms in total. The van der Waals surface area contributed by atoms with Crippen molar-refractivity contribution >= 4 is 32.8 Å². The van der Waals surface area contributed by atoms with Gasteiger partial charge in [-0.3, -0.25) is 9.78 Å². The molecule has 0 aliphatic rings. The number of methoxy groups -OCH3 is 1. The zero-order valence-corrected chi connectivity index (χ0v) is 11.5. The molecule has 5 heteroatoms. The summed E-state index contributed by atoms with van der Waals surface area (Å²) in [4.78, 5) is 15.6. The van der Waals surface area contributed by atoms with Gasteiger partial charge in [0.2, 0.25) is 0 Å². The van der Waals surface area contributed by atoms with E-state index in [2.05, 4.69) is 25.7 Å². The first-order valence-electron chi connectivity index (χ1n) is 5.36. The van der Waals surface area contributed by atoms with Gasteiger partial charge >= 0.3 is 5.97 Å². The summed E-state index contributed by atoms with van der Waals surface area (Å²) in [6.45, 7) is 1.61. The summed E-state index contributed by atoms with van der Waals surface area (Å²) in [6.07, 6.45) is 1.60. The van der Waals surface area contributed by atoms with Gasteiger partial charge in [-0.1, -0.05) is 6.07 Å². The lowest BCUT2D eigenvalue weighted by molar-refractivity contribution is -0.142. The maximum Gasteiger partial charge on any atom is 0.312 e. The zero-order chi connectivity index (χ0) is 13.3. The van der Waals surface area contributed by atoms with Gasteiger partial charge in [0.05, 0.1) is 18.5 Å². The average molecular weight is 312 g/mol. The molecule has 0 spiro atoms. The number of halogens is 2. The smallest absolute Gasteiger partial charge is 0.312 e. The van der Waals surface area contributed by atoms with E-state index in [0.717, 1.165) is 0 Å². The second-order valence-corrected chi connectivity index (χ2v) is 4.85. The Bertz CT molecular complexity index is 615. The normalized spacial score (nSPS) is 12.4. The quantitative estimate of drug-likeness (QED) is 0.798. The number of hydrogen-bond acceptors (Lipinski definition) is 3. The summed E-state index contributed by atoms with van der Waals surface area (Å²) < 4.78 is 19.6. The van der Waals surface area contributed by atoms with Crippen LogP contribution in [0.25, 0.3) is 10.9 Å². The van der Waals surface area contributed by atoms with Crippen LogP contribution in [0.15, 0.2) is 28.9 Å². The van der Waals surface area contributed by atoms with Crippen molar-refractivity contribution in [1.82, 2.24) is 4.98 Å². The summed E-state index contributed by atoms with van der Waals surface area (Å²) in [5.41, 5.74) is 0.866. The minimum atomic E-state index is -0.640. The summed E-state index contributed by atoms with van der Waals surface area (Å²) in [5, 5.41) is 0.387. The molecule has 2 aromatic rings. The molecule has 0 amide bonds. The van der Waals surface area contributed by atoms with Crippen molar-refractivity contribution < 1.29 is 13.9 Å². The third-order valence-electron chi connectivity index (χ3n) is 2.82. The van der Waals surface area contributed by atoms with Crippen molar-refractivity contribution in [3.05, 3.63) is 40.2 Å². The highest BCUT2D eigenvalue weighted by Gasteiger charge is 2.21. The van der Waals surface area contributed by atoms with Gasteiger partial charge in [0.1, 0.15) is 5.82 Å².